The van der Waals surface area contributed by atoms with Crippen LogP contribution in [0.25, 0.3) is 0 Å². The van der Waals surface area contributed by atoms with Crippen molar-refractivity contribution in [3.63, 3.8) is 0 Å². The summed E-state index contributed by atoms with van der Waals surface area (Å²) in [5, 5.41) is 4.74. The van der Waals surface area contributed by atoms with Crippen LogP contribution in [0.5, 0.6) is 0 Å². The van der Waals surface area contributed by atoms with Crippen LogP contribution in [-0.4, -0.2) is 17.6 Å². The molecule has 2 saturated carbocycles. The predicted molar refractivity (Wildman–Crippen MR) is 96.7 cm³/mol. The number of oxime groups is 1. The number of primary amides is 1. The summed E-state index contributed by atoms with van der Waals surface area (Å²) >= 11 is 11.9. The second-order valence-corrected chi connectivity index (χ2v) is 8.46. The van der Waals surface area contributed by atoms with Gasteiger partial charge in [0.2, 0.25) is 5.91 Å². The Labute approximate surface area is 156 Å². The van der Waals surface area contributed by atoms with Crippen molar-refractivity contribution in [3.05, 3.63) is 33.8 Å². The van der Waals surface area contributed by atoms with Gasteiger partial charge in [-0.2, -0.15) is 0 Å². The number of halogens is 2. The van der Waals surface area contributed by atoms with Gasteiger partial charge in [0.1, 0.15) is 0 Å². The molecule has 0 heterocycles. The highest BCUT2D eigenvalue weighted by Crippen LogP contribution is 2.70. The topological polar surface area (TPSA) is 81.8 Å². The van der Waals surface area contributed by atoms with Gasteiger partial charge >= 0.3 is 5.97 Å². The molecule has 2 unspecified atom stereocenters. The molecule has 25 heavy (non-hydrogen) atoms. The monoisotopic (exact) mass is 382 g/mol. The fraction of sp³-hybridized carbons (Fsp3) is 0.500. The molecule has 0 radical (unpaired) electrons. The number of hydrogen-bond donors (Lipinski definition) is 1. The lowest BCUT2D eigenvalue weighted by molar-refractivity contribution is -0.132. The zero-order chi connectivity index (χ0) is 18.6. The molecular formula is C18H20Cl2N2O3. The van der Waals surface area contributed by atoms with Crippen molar-refractivity contribution in [2.75, 3.05) is 0 Å². The molecule has 7 heteroatoms. The van der Waals surface area contributed by atoms with E-state index in [1.165, 1.54) is 12.1 Å². The predicted octanol–water partition coefficient (Wildman–Crippen LogP) is 4.21. The first-order valence-electron chi connectivity index (χ1n) is 8.09. The van der Waals surface area contributed by atoms with Crippen LogP contribution in [0.2, 0.25) is 10.0 Å². The summed E-state index contributed by atoms with van der Waals surface area (Å²) < 4.78 is 0. The van der Waals surface area contributed by atoms with Crippen LogP contribution >= 0.6 is 23.2 Å². The number of carbonyl (C=O) groups excluding carboxylic acids is 2. The number of rotatable bonds is 3. The fourth-order valence-electron chi connectivity index (χ4n) is 4.36. The molecule has 2 bridgehead atoms. The van der Waals surface area contributed by atoms with Crippen LogP contribution < -0.4 is 5.73 Å². The normalized spacial score (nSPS) is 31.3. The summed E-state index contributed by atoms with van der Waals surface area (Å²) in [4.78, 5) is 29.6. The SMILES string of the molecule is CC12CCC(C(N)=O)(CC1=NOC(=O)c1ccc(Cl)cc1Cl)C2(C)C. The highest BCUT2D eigenvalue weighted by Gasteiger charge is 2.71. The molecule has 0 aromatic heterocycles. The van der Waals surface area contributed by atoms with Gasteiger partial charge in [-0.1, -0.05) is 49.1 Å². The molecule has 1 aromatic rings. The van der Waals surface area contributed by atoms with E-state index < -0.39 is 11.4 Å². The zero-order valence-electron chi connectivity index (χ0n) is 14.4. The average Bonchev–Trinajstić information content (AvgIpc) is 2.83. The third-order valence-electron chi connectivity index (χ3n) is 6.60. The van der Waals surface area contributed by atoms with E-state index in [1.54, 1.807) is 6.07 Å². The van der Waals surface area contributed by atoms with Crippen molar-refractivity contribution < 1.29 is 14.4 Å². The molecule has 1 aromatic carbocycles. The number of nitrogens with two attached hydrogens (primary N) is 1. The summed E-state index contributed by atoms with van der Waals surface area (Å²) in [6.45, 7) is 6.11. The van der Waals surface area contributed by atoms with E-state index >= 15 is 0 Å². The lowest BCUT2D eigenvalue weighted by atomic mass is 9.64. The van der Waals surface area contributed by atoms with Gasteiger partial charge in [0.05, 0.1) is 21.7 Å². The molecule has 1 amide bonds. The Morgan fingerprint density at radius 3 is 2.44 bits per heavy atom. The Morgan fingerprint density at radius 2 is 1.88 bits per heavy atom. The molecule has 2 aliphatic rings. The Hall–Kier alpha value is -1.59. The van der Waals surface area contributed by atoms with Gasteiger partial charge in [-0.3, -0.25) is 4.79 Å². The van der Waals surface area contributed by atoms with Crippen LogP contribution in [0, 0.1) is 16.2 Å². The minimum Gasteiger partial charge on any atom is -0.369 e. The van der Waals surface area contributed by atoms with E-state index in [-0.39, 0.29) is 27.3 Å². The van der Waals surface area contributed by atoms with E-state index in [0.29, 0.717) is 17.2 Å². The van der Waals surface area contributed by atoms with E-state index in [2.05, 4.69) is 5.16 Å². The average molecular weight is 383 g/mol. The highest BCUT2D eigenvalue weighted by atomic mass is 35.5. The third-order valence-corrected chi connectivity index (χ3v) is 7.14. The molecule has 0 aliphatic heterocycles. The van der Waals surface area contributed by atoms with Gasteiger partial charge < -0.3 is 10.6 Å². The molecule has 0 saturated heterocycles. The molecular weight excluding hydrogens is 363 g/mol. The van der Waals surface area contributed by atoms with Crippen LogP contribution in [0.4, 0.5) is 0 Å². The minimum absolute atomic E-state index is 0.188. The Kier molecular flexibility index (Phi) is 4.16. The minimum atomic E-state index is -0.661. The van der Waals surface area contributed by atoms with Crippen molar-refractivity contribution in [2.45, 2.75) is 40.0 Å². The largest absolute Gasteiger partial charge is 0.369 e. The standard InChI is InChI=1S/C18H20Cl2N2O3/c1-16(2)17(3)6-7-18(16,15(21)24)9-13(17)22-25-14(23)11-5-4-10(19)8-12(11)20/h4-5,8H,6-7,9H2,1-3H3,(H2,21,24). The lowest BCUT2D eigenvalue weighted by Gasteiger charge is -2.38. The first-order valence-corrected chi connectivity index (χ1v) is 8.84. The second-order valence-electron chi connectivity index (χ2n) is 7.62. The zero-order valence-corrected chi connectivity index (χ0v) is 15.9. The quantitative estimate of drug-likeness (QED) is 0.627. The van der Waals surface area contributed by atoms with Gasteiger partial charge in [-0.15, -0.1) is 0 Å². The van der Waals surface area contributed by atoms with E-state index in [0.717, 1.165) is 12.8 Å². The molecule has 0 spiro atoms. The third kappa shape index (κ3) is 2.40. The Morgan fingerprint density at radius 1 is 1.20 bits per heavy atom. The number of hydrogen-bond acceptors (Lipinski definition) is 4. The maximum Gasteiger partial charge on any atom is 0.367 e. The number of carbonyl (C=O) groups is 2. The lowest BCUT2D eigenvalue weighted by Crippen LogP contribution is -2.44. The van der Waals surface area contributed by atoms with Crippen LogP contribution in [0.3, 0.4) is 0 Å². The smallest absolute Gasteiger partial charge is 0.367 e. The number of amides is 1. The van der Waals surface area contributed by atoms with Crippen LogP contribution in [-0.2, 0) is 9.63 Å². The van der Waals surface area contributed by atoms with Crippen molar-refractivity contribution in [3.8, 4) is 0 Å². The van der Waals surface area contributed by atoms with Gasteiger partial charge in [0.15, 0.2) is 0 Å². The maximum atomic E-state index is 12.3. The van der Waals surface area contributed by atoms with Gasteiger partial charge in [-0.05, 0) is 36.5 Å². The summed E-state index contributed by atoms with van der Waals surface area (Å²) in [6.07, 6.45) is 1.91. The highest BCUT2D eigenvalue weighted by molar-refractivity contribution is 6.36. The van der Waals surface area contributed by atoms with Gasteiger partial charge in [0, 0.05) is 16.9 Å². The molecule has 2 N–H and O–H groups in total. The van der Waals surface area contributed by atoms with Crippen LogP contribution in [0.1, 0.15) is 50.4 Å². The van der Waals surface area contributed by atoms with Crippen molar-refractivity contribution in [1.82, 2.24) is 0 Å². The molecule has 5 nitrogen and oxygen atoms in total. The molecule has 134 valence electrons. The fourth-order valence-corrected chi connectivity index (χ4v) is 4.85. The van der Waals surface area contributed by atoms with Crippen molar-refractivity contribution in [1.29, 1.82) is 0 Å². The van der Waals surface area contributed by atoms with Crippen molar-refractivity contribution in [2.24, 2.45) is 27.1 Å². The number of nitrogens with zero attached hydrogens (tertiary/aromatic N) is 1. The Bertz CT molecular complexity index is 806. The molecule has 3 rings (SSSR count). The van der Waals surface area contributed by atoms with Gasteiger partial charge in [0.25, 0.3) is 0 Å². The second kappa shape index (κ2) is 5.71. The summed E-state index contributed by atoms with van der Waals surface area (Å²) in [5.41, 5.74) is 5.26. The first-order chi connectivity index (χ1) is 11.5. The summed E-state index contributed by atoms with van der Waals surface area (Å²) in [7, 11) is 0. The molecule has 2 aliphatic carbocycles. The molecule has 2 fully saturated rings. The number of fused-ring (bicyclic) bond motifs is 2. The summed E-state index contributed by atoms with van der Waals surface area (Å²) in [5.74, 6) is -0.982. The van der Waals surface area contributed by atoms with Crippen LogP contribution in [0.15, 0.2) is 23.4 Å². The first kappa shape index (κ1) is 18.2. The van der Waals surface area contributed by atoms with E-state index in [9.17, 15) is 9.59 Å². The maximum absolute atomic E-state index is 12.3. The Balaban J connectivity index is 1.88. The molecule has 2 atom stereocenters. The van der Waals surface area contributed by atoms with E-state index in [4.69, 9.17) is 33.8 Å². The number of benzene rings is 1. The summed E-state index contributed by atoms with van der Waals surface area (Å²) in [6, 6.07) is 4.52. The van der Waals surface area contributed by atoms with Crippen molar-refractivity contribution >= 4 is 40.8 Å². The van der Waals surface area contributed by atoms with Gasteiger partial charge in [-0.25, -0.2) is 4.79 Å². The van der Waals surface area contributed by atoms with E-state index in [1.807, 2.05) is 20.8 Å².